The zero-order chi connectivity index (χ0) is 14.1. The molecule has 4 unspecified atom stereocenters. The Balaban J connectivity index is 1.61. The second kappa shape index (κ2) is 6.05. The van der Waals surface area contributed by atoms with E-state index in [1.165, 1.54) is 38.5 Å². The molecular weight excluding hydrogens is 248 g/mol. The number of nitrogens with zero attached hydrogens (tertiary/aromatic N) is 1. The van der Waals surface area contributed by atoms with Gasteiger partial charge in [0.1, 0.15) is 0 Å². The SMILES string of the molecule is CNC1CC(C)CCN(CC2CC3CCC(C3)C2)C1=O. The van der Waals surface area contributed by atoms with Crippen LogP contribution in [0.1, 0.15) is 51.9 Å². The minimum atomic E-state index is 0.0489. The van der Waals surface area contributed by atoms with Gasteiger partial charge < -0.3 is 10.2 Å². The molecular formula is C17H30N2O. The first kappa shape index (κ1) is 14.4. The Bertz CT molecular complexity index is 345. The van der Waals surface area contributed by atoms with Gasteiger partial charge in [-0.15, -0.1) is 0 Å². The van der Waals surface area contributed by atoms with Crippen molar-refractivity contribution in [1.82, 2.24) is 10.2 Å². The summed E-state index contributed by atoms with van der Waals surface area (Å²) < 4.78 is 0. The van der Waals surface area contributed by atoms with E-state index < -0.39 is 0 Å². The van der Waals surface area contributed by atoms with Gasteiger partial charge in [0.05, 0.1) is 6.04 Å². The maximum atomic E-state index is 12.6. The number of nitrogens with one attached hydrogen (secondary N) is 1. The lowest BCUT2D eigenvalue weighted by molar-refractivity contribution is -0.133. The van der Waals surface area contributed by atoms with Crippen LogP contribution in [0.15, 0.2) is 0 Å². The van der Waals surface area contributed by atoms with Crippen molar-refractivity contribution in [3.05, 3.63) is 0 Å². The van der Waals surface area contributed by atoms with Crippen LogP contribution in [0.2, 0.25) is 0 Å². The predicted octanol–water partition coefficient (Wildman–Crippen LogP) is 2.66. The standard InChI is InChI=1S/C17H30N2O/c1-12-5-6-19(17(20)16(7-12)18-2)11-15-9-13-3-4-14(8-13)10-15/h12-16,18H,3-11H2,1-2H3. The minimum absolute atomic E-state index is 0.0489. The van der Waals surface area contributed by atoms with Crippen LogP contribution in [-0.2, 0) is 4.79 Å². The number of rotatable bonds is 3. The van der Waals surface area contributed by atoms with E-state index in [-0.39, 0.29) is 6.04 Å². The van der Waals surface area contributed by atoms with Crippen molar-refractivity contribution in [3.63, 3.8) is 0 Å². The number of likely N-dealkylation sites (tertiary alicyclic amines) is 1. The Morgan fingerprint density at radius 3 is 2.45 bits per heavy atom. The molecule has 0 radical (unpaired) electrons. The average Bonchev–Trinajstić information content (AvgIpc) is 2.72. The Kier molecular flexibility index (Phi) is 4.34. The monoisotopic (exact) mass is 278 g/mol. The van der Waals surface area contributed by atoms with Crippen LogP contribution in [0.4, 0.5) is 0 Å². The number of carbonyl (C=O) groups excluding carboxylic acids is 1. The van der Waals surface area contributed by atoms with Gasteiger partial charge in [0.25, 0.3) is 0 Å². The highest BCUT2D eigenvalue weighted by Gasteiger charge is 2.36. The first-order chi connectivity index (χ1) is 9.65. The van der Waals surface area contributed by atoms with E-state index in [4.69, 9.17) is 0 Å². The highest BCUT2D eigenvalue weighted by Crippen LogP contribution is 2.44. The first-order valence-electron chi connectivity index (χ1n) is 8.61. The van der Waals surface area contributed by atoms with Gasteiger partial charge in [-0.2, -0.15) is 0 Å². The van der Waals surface area contributed by atoms with E-state index in [9.17, 15) is 4.79 Å². The van der Waals surface area contributed by atoms with Gasteiger partial charge in [0, 0.05) is 13.1 Å². The van der Waals surface area contributed by atoms with E-state index >= 15 is 0 Å². The Morgan fingerprint density at radius 1 is 1.10 bits per heavy atom. The van der Waals surface area contributed by atoms with Crippen LogP contribution in [0.25, 0.3) is 0 Å². The highest BCUT2D eigenvalue weighted by molar-refractivity contribution is 5.82. The molecule has 3 heteroatoms. The van der Waals surface area contributed by atoms with Crippen LogP contribution in [0.5, 0.6) is 0 Å². The molecule has 0 aromatic heterocycles. The van der Waals surface area contributed by atoms with E-state index in [2.05, 4.69) is 17.1 Å². The Morgan fingerprint density at radius 2 is 1.80 bits per heavy atom. The van der Waals surface area contributed by atoms with E-state index in [0.29, 0.717) is 11.8 Å². The second-order valence-corrected chi connectivity index (χ2v) is 7.64. The van der Waals surface area contributed by atoms with Crippen LogP contribution in [0, 0.1) is 23.7 Å². The van der Waals surface area contributed by atoms with Crippen molar-refractivity contribution in [2.75, 3.05) is 20.1 Å². The maximum Gasteiger partial charge on any atom is 0.239 e. The normalized spacial score (nSPS) is 41.8. The summed E-state index contributed by atoms with van der Waals surface area (Å²) >= 11 is 0. The zero-order valence-electron chi connectivity index (χ0n) is 13.1. The van der Waals surface area contributed by atoms with Gasteiger partial charge in [-0.3, -0.25) is 4.79 Å². The third kappa shape index (κ3) is 3.03. The summed E-state index contributed by atoms with van der Waals surface area (Å²) in [6.07, 6.45) is 9.29. The smallest absolute Gasteiger partial charge is 0.239 e. The fourth-order valence-electron chi connectivity index (χ4n) is 4.86. The summed E-state index contributed by atoms with van der Waals surface area (Å²) in [5.74, 6) is 3.73. The summed E-state index contributed by atoms with van der Waals surface area (Å²) in [6, 6.07) is 0.0489. The zero-order valence-corrected chi connectivity index (χ0v) is 13.1. The van der Waals surface area contributed by atoms with Crippen LogP contribution in [0.3, 0.4) is 0 Å². The Labute approximate surface area is 123 Å². The summed E-state index contributed by atoms with van der Waals surface area (Å²) in [7, 11) is 1.93. The molecule has 1 N–H and O–H groups in total. The van der Waals surface area contributed by atoms with Crippen molar-refractivity contribution in [3.8, 4) is 0 Å². The number of fused-ring (bicyclic) bond motifs is 2. The molecule has 0 spiro atoms. The number of hydrogen-bond acceptors (Lipinski definition) is 2. The van der Waals surface area contributed by atoms with E-state index in [1.807, 2.05) is 7.05 Å². The minimum Gasteiger partial charge on any atom is -0.341 e. The molecule has 3 nitrogen and oxygen atoms in total. The third-order valence-corrected chi connectivity index (χ3v) is 5.95. The van der Waals surface area contributed by atoms with Crippen molar-refractivity contribution in [2.45, 2.75) is 57.9 Å². The molecule has 1 saturated heterocycles. The van der Waals surface area contributed by atoms with Crippen molar-refractivity contribution >= 4 is 5.91 Å². The molecule has 3 fully saturated rings. The lowest BCUT2D eigenvalue weighted by Crippen LogP contribution is -2.46. The number of amides is 1. The van der Waals surface area contributed by atoms with Crippen molar-refractivity contribution in [2.24, 2.45) is 23.7 Å². The number of likely N-dealkylation sites (N-methyl/N-ethyl adjacent to an activating group) is 1. The lowest BCUT2D eigenvalue weighted by Gasteiger charge is -2.33. The lowest BCUT2D eigenvalue weighted by atomic mass is 9.81. The summed E-state index contributed by atoms with van der Waals surface area (Å²) in [5.41, 5.74) is 0. The fourth-order valence-corrected chi connectivity index (χ4v) is 4.86. The molecule has 0 aromatic carbocycles. The van der Waals surface area contributed by atoms with E-state index in [0.717, 1.165) is 37.3 Å². The second-order valence-electron chi connectivity index (χ2n) is 7.64. The summed E-state index contributed by atoms with van der Waals surface area (Å²) in [4.78, 5) is 14.8. The van der Waals surface area contributed by atoms with Crippen molar-refractivity contribution < 1.29 is 4.79 Å². The van der Waals surface area contributed by atoms with Gasteiger partial charge in [-0.1, -0.05) is 19.8 Å². The van der Waals surface area contributed by atoms with Gasteiger partial charge >= 0.3 is 0 Å². The fraction of sp³-hybridized carbons (Fsp3) is 0.941. The molecule has 114 valence electrons. The highest BCUT2D eigenvalue weighted by atomic mass is 16.2. The van der Waals surface area contributed by atoms with Crippen LogP contribution >= 0.6 is 0 Å². The van der Waals surface area contributed by atoms with Gasteiger partial charge in [0.2, 0.25) is 5.91 Å². The van der Waals surface area contributed by atoms with Gasteiger partial charge in [-0.25, -0.2) is 0 Å². The van der Waals surface area contributed by atoms with Crippen LogP contribution in [-0.4, -0.2) is 37.0 Å². The molecule has 2 saturated carbocycles. The molecule has 1 aliphatic heterocycles. The Hall–Kier alpha value is -0.570. The predicted molar refractivity (Wildman–Crippen MR) is 81.4 cm³/mol. The number of hydrogen-bond donors (Lipinski definition) is 1. The molecule has 2 aliphatic carbocycles. The van der Waals surface area contributed by atoms with E-state index in [1.54, 1.807) is 0 Å². The molecule has 0 aromatic rings. The topological polar surface area (TPSA) is 32.3 Å². The maximum absolute atomic E-state index is 12.6. The van der Waals surface area contributed by atoms with Crippen LogP contribution < -0.4 is 5.32 Å². The average molecular weight is 278 g/mol. The van der Waals surface area contributed by atoms with Gasteiger partial charge in [0.15, 0.2) is 0 Å². The van der Waals surface area contributed by atoms with Crippen molar-refractivity contribution in [1.29, 1.82) is 0 Å². The molecule has 3 rings (SSSR count). The largest absolute Gasteiger partial charge is 0.341 e. The number of carbonyl (C=O) groups is 1. The molecule has 4 atom stereocenters. The third-order valence-electron chi connectivity index (χ3n) is 5.95. The van der Waals surface area contributed by atoms with Gasteiger partial charge in [-0.05, 0) is 62.8 Å². The molecule has 1 amide bonds. The summed E-state index contributed by atoms with van der Waals surface area (Å²) in [5, 5.41) is 3.23. The quantitative estimate of drug-likeness (QED) is 0.861. The molecule has 2 bridgehead atoms. The molecule has 3 aliphatic rings. The summed E-state index contributed by atoms with van der Waals surface area (Å²) in [6.45, 7) is 4.28. The first-order valence-corrected chi connectivity index (χ1v) is 8.61. The molecule has 20 heavy (non-hydrogen) atoms. The molecule has 1 heterocycles.